The van der Waals surface area contributed by atoms with E-state index in [-0.39, 0.29) is 0 Å². The predicted octanol–water partition coefficient (Wildman–Crippen LogP) is -0.213. The van der Waals surface area contributed by atoms with Crippen molar-refractivity contribution in [2.24, 2.45) is 7.05 Å². The third-order valence-electron chi connectivity index (χ3n) is 1.61. The Labute approximate surface area is 68.4 Å². The number of H-pyrrole nitrogens is 1. The summed E-state index contributed by atoms with van der Waals surface area (Å²) in [7, 11) is 1.80. The van der Waals surface area contributed by atoms with Gasteiger partial charge in [0.25, 0.3) is 0 Å². The van der Waals surface area contributed by atoms with Crippen LogP contribution in [0.4, 0.5) is 5.69 Å². The Morgan fingerprint density at radius 3 is 2.92 bits per heavy atom. The largest absolute Gasteiger partial charge is 0.396 e. The van der Waals surface area contributed by atoms with Crippen LogP contribution in [0, 0.1) is 0 Å². The number of rotatable bonds is 1. The molecule has 12 heavy (non-hydrogen) atoms. The van der Waals surface area contributed by atoms with Crippen LogP contribution < -0.4 is 5.73 Å². The normalized spacial score (nSPS) is 10.4. The third-order valence-corrected chi connectivity index (χ3v) is 1.61. The molecule has 0 aliphatic heterocycles. The number of nitrogens with one attached hydrogen (secondary N) is 1. The molecular formula is C6H8N6. The van der Waals surface area contributed by atoms with E-state index in [0.29, 0.717) is 11.5 Å². The van der Waals surface area contributed by atoms with Gasteiger partial charge in [0.15, 0.2) is 5.82 Å². The van der Waals surface area contributed by atoms with Gasteiger partial charge in [0.2, 0.25) is 0 Å². The number of nitrogens with two attached hydrogens (primary N) is 1. The molecule has 0 saturated heterocycles. The van der Waals surface area contributed by atoms with E-state index in [1.807, 2.05) is 0 Å². The molecule has 0 fully saturated rings. The maximum absolute atomic E-state index is 5.66. The summed E-state index contributed by atoms with van der Waals surface area (Å²) in [5, 5.41) is 10.4. The van der Waals surface area contributed by atoms with Gasteiger partial charge in [0.1, 0.15) is 12.0 Å². The fourth-order valence-electron chi connectivity index (χ4n) is 1.06. The summed E-state index contributed by atoms with van der Waals surface area (Å²) in [5.74, 6) is 0.632. The van der Waals surface area contributed by atoms with Crippen molar-refractivity contribution in [2.75, 3.05) is 5.73 Å². The average Bonchev–Trinajstić information content (AvgIpc) is 2.61. The van der Waals surface area contributed by atoms with Crippen molar-refractivity contribution in [1.82, 2.24) is 25.0 Å². The van der Waals surface area contributed by atoms with Gasteiger partial charge >= 0.3 is 0 Å². The number of aromatic amines is 1. The Morgan fingerprint density at radius 1 is 1.58 bits per heavy atom. The Morgan fingerprint density at radius 2 is 2.42 bits per heavy atom. The molecule has 0 bridgehead atoms. The molecule has 6 nitrogen and oxygen atoms in total. The standard InChI is InChI=1S/C6H8N6/c1-12-5(4(7)2-10-12)6-8-3-9-11-6/h2-3H,7H2,1H3,(H,8,9,11). The van der Waals surface area contributed by atoms with Gasteiger partial charge in [-0.15, -0.1) is 0 Å². The highest BCUT2D eigenvalue weighted by Crippen LogP contribution is 2.19. The first-order chi connectivity index (χ1) is 5.79. The van der Waals surface area contributed by atoms with E-state index in [0.717, 1.165) is 5.69 Å². The van der Waals surface area contributed by atoms with Crippen LogP contribution in [-0.4, -0.2) is 25.0 Å². The first-order valence-electron chi connectivity index (χ1n) is 3.42. The van der Waals surface area contributed by atoms with Gasteiger partial charge in [0.05, 0.1) is 11.9 Å². The molecule has 0 aliphatic rings. The summed E-state index contributed by atoms with van der Waals surface area (Å²) in [6.07, 6.45) is 3.01. The molecule has 6 heteroatoms. The second kappa shape index (κ2) is 2.33. The van der Waals surface area contributed by atoms with Gasteiger partial charge in [-0.2, -0.15) is 10.2 Å². The zero-order valence-electron chi connectivity index (χ0n) is 6.52. The molecule has 2 rings (SSSR count). The lowest BCUT2D eigenvalue weighted by Crippen LogP contribution is -1.97. The zero-order chi connectivity index (χ0) is 8.55. The molecule has 2 aromatic rings. The highest BCUT2D eigenvalue weighted by molar-refractivity contribution is 5.66. The summed E-state index contributed by atoms with van der Waals surface area (Å²) < 4.78 is 1.65. The van der Waals surface area contributed by atoms with Gasteiger partial charge < -0.3 is 5.73 Å². The van der Waals surface area contributed by atoms with Crippen LogP contribution in [0.15, 0.2) is 12.5 Å². The van der Waals surface area contributed by atoms with E-state index < -0.39 is 0 Å². The average molecular weight is 164 g/mol. The molecular weight excluding hydrogens is 156 g/mol. The van der Waals surface area contributed by atoms with Gasteiger partial charge in [-0.3, -0.25) is 9.78 Å². The van der Waals surface area contributed by atoms with Crippen molar-refractivity contribution in [1.29, 1.82) is 0 Å². The molecule has 0 saturated carbocycles. The molecule has 3 N–H and O–H groups in total. The van der Waals surface area contributed by atoms with E-state index in [1.54, 1.807) is 17.9 Å². The minimum absolute atomic E-state index is 0.592. The number of aryl methyl sites for hydroxylation is 1. The van der Waals surface area contributed by atoms with Gasteiger partial charge in [-0.25, -0.2) is 4.98 Å². The molecule has 0 amide bonds. The van der Waals surface area contributed by atoms with Crippen LogP contribution in [0.25, 0.3) is 11.5 Å². The summed E-state index contributed by atoms with van der Waals surface area (Å²) in [4.78, 5) is 3.97. The monoisotopic (exact) mass is 164 g/mol. The lowest BCUT2D eigenvalue weighted by molar-refractivity contribution is 0.770. The zero-order valence-corrected chi connectivity index (χ0v) is 6.52. The number of anilines is 1. The number of nitrogen functional groups attached to an aromatic ring is 1. The fourth-order valence-corrected chi connectivity index (χ4v) is 1.06. The van der Waals surface area contributed by atoms with E-state index in [1.165, 1.54) is 6.33 Å². The molecule has 2 heterocycles. The smallest absolute Gasteiger partial charge is 0.175 e. The van der Waals surface area contributed by atoms with Crippen LogP contribution in [0.5, 0.6) is 0 Å². The minimum Gasteiger partial charge on any atom is -0.396 e. The predicted molar refractivity (Wildman–Crippen MR) is 43.0 cm³/mol. The lowest BCUT2D eigenvalue weighted by Gasteiger charge is -1.96. The Kier molecular flexibility index (Phi) is 1.33. The summed E-state index contributed by atoms with van der Waals surface area (Å²) in [6.45, 7) is 0. The number of nitrogens with zero attached hydrogens (tertiary/aromatic N) is 4. The second-order valence-corrected chi connectivity index (χ2v) is 2.41. The molecule has 62 valence electrons. The summed E-state index contributed by atoms with van der Waals surface area (Å²) >= 11 is 0. The summed E-state index contributed by atoms with van der Waals surface area (Å²) in [6, 6.07) is 0. The highest BCUT2D eigenvalue weighted by Gasteiger charge is 2.09. The molecule has 0 radical (unpaired) electrons. The first kappa shape index (κ1) is 6.84. The van der Waals surface area contributed by atoms with Crippen molar-refractivity contribution in [3.63, 3.8) is 0 Å². The van der Waals surface area contributed by atoms with Crippen LogP contribution in [0.2, 0.25) is 0 Å². The SMILES string of the molecule is Cn1ncc(N)c1-c1ncn[nH]1. The molecule has 0 aromatic carbocycles. The van der Waals surface area contributed by atoms with Crippen LogP contribution in [0.1, 0.15) is 0 Å². The third kappa shape index (κ3) is 0.849. The highest BCUT2D eigenvalue weighted by atomic mass is 15.3. The van der Waals surface area contributed by atoms with E-state index in [4.69, 9.17) is 5.73 Å². The van der Waals surface area contributed by atoms with Crippen molar-refractivity contribution in [3.05, 3.63) is 12.5 Å². The fraction of sp³-hybridized carbons (Fsp3) is 0.167. The Bertz CT molecular complexity index is 353. The van der Waals surface area contributed by atoms with Gasteiger partial charge in [0, 0.05) is 7.05 Å². The number of hydrogen-bond donors (Lipinski definition) is 2. The number of aromatic nitrogens is 5. The molecule has 2 aromatic heterocycles. The number of hydrogen-bond acceptors (Lipinski definition) is 4. The maximum Gasteiger partial charge on any atom is 0.175 e. The minimum atomic E-state index is 0.592. The van der Waals surface area contributed by atoms with E-state index in [9.17, 15) is 0 Å². The van der Waals surface area contributed by atoms with Crippen molar-refractivity contribution in [2.45, 2.75) is 0 Å². The van der Waals surface area contributed by atoms with Crippen LogP contribution >= 0.6 is 0 Å². The van der Waals surface area contributed by atoms with Gasteiger partial charge in [-0.1, -0.05) is 0 Å². The quantitative estimate of drug-likeness (QED) is 0.610. The molecule has 0 atom stereocenters. The molecule has 0 aliphatic carbocycles. The van der Waals surface area contributed by atoms with Crippen LogP contribution in [0.3, 0.4) is 0 Å². The van der Waals surface area contributed by atoms with E-state index >= 15 is 0 Å². The van der Waals surface area contributed by atoms with Crippen molar-refractivity contribution in [3.8, 4) is 11.5 Å². The Balaban J connectivity index is 2.60. The topological polar surface area (TPSA) is 85.4 Å². The summed E-state index contributed by atoms with van der Waals surface area (Å²) in [5.41, 5.74) is 7.01. The van der Waals surface area contributed by atoms with Gasteiger partial charge in [-0.05, 0) is 0 Å². The molecule has 0 spiro atoms. The second-order valence-electron chi connectivity index (χ2n) is 2.41. The maximum atomic E-state index is 5.66. The van der Waals surface area contributed by atoms with E-state index in [2.05, 4.69) is 20.3 Å². The van der Waals surface area contributed by atoms with Crippen molar-refractivity contribution < 1.29 is 0 Å². The Hall–Kier alpha value is -1.85. The van der Waals surface area contributed by atoms with Crippen LogP contribution in [-0.2, 0) is 7.05 Å². The molecule has 0 unspecified atom stereocenters. The first-order valence-corrected chi connectivity index (χ1v) is 3.42. The van der Waals surface area contributed by atoms with Crippen molar-refractivity contribution >= 4 is 5.69 Å². The lowest BCUT2D eigenvalue weighted by atomic mass is 10.3.